The zero-order valence-corrected chi connectivity index (χ0v) is 10.6. The number of nitrogens with one attached hydrogen (secondary N) is 1. The molecule has 1 aromatic heterocycles. The van der Waals surface area contributed by atoms with Crippen molar-refractivity contribution in [1.29, 1.82) is 0 Å². The second kappa shape index (κ2) is 5.68. The first-order valence-corrected chi connectivity index (χ1v) is 5.85. The highest BCUT2D eigenvalue weighted by Crippen LogP contribution is 2.09. The van der Waals surface area contributed by atoms with Crippen LogP contribution in [0.4, 0.5) is 0 Å². The third-order valence-electron chi connectivity index (χ3n) is 2.92. The topological polar surface area (TPSA) is 46.9 Å². The molecule has 1 amide bonds. The van der Waals surface area contributed by atoms with E-state index < -0.39 is 0 Å². The standard InChI is InChI=1S/C12H21N3O/c1-5-10(6-2)12(16)13-7-11-8-15(4)14-9(11)3/h8,10H,5-7H2,1-4H3,(H,13,16). The molecule has 0 unspecified atom stereocenters. The third kappa shape index (κ3) is 3.08. The largest absolute Gasteiger partial charge is 0.352 e. The minimum Gasteiger partial charge on any atom is -0.352 e. The Balaban J connectivity index is 2.51. The van der Waals surface area contributed by atoms with Gasteiger partial charge in [0.15, 0.2) is 0 Å². The van der Waals surface area contributed by atoms with Crippen LogP contribution in [0.25, 0.3) is 0 Å². The van der Waals surface area contributed by atoms with Crippen LogP contribution in [0, 0.1) is 12.8 Å². The predicted molar refractivity (Wildman–Crippen MR) is 63.9 cm³/mol. The monoisotopic (exact) mass is 223 g/mol. The van der Waals surface area contributed by atoms with Crippen LogP contribution in [0.15, 0.2) is 6.20 Å². The van der Waals surface area contributed by atoms with E-state index in [9.17, 15) is 4.79 Å². The molecule has 0 spiro atoms. The third-order valence-corrected chi connectivity index (χ3v) is 2.92. The molecule has 0 aliphatic carbocycles. The molecule has 1 aromatic rings. The SMILES string of the molecule is CCC(CC)C(=O)NCc1cn(C)nc1C. The summed E-state index contributed by atoms with van der Waals surface area (Å²) in [5, 5.41) is 7.20. The van der Waals surface area contributed by atoms with Gasteiger partial charge in [-0.15, -0.1) is 0 Å². The highest BCUT2D eigenvalue weighted by Gasteiger charge is 2.14. The van der Waals surface area contributed by atoms with E-state index in [4.69, 9.17) is 0 Å². The second-order valence-corrected chi connectivity index (χ2v) is 4.14. The number of amides is 1. The number of carbonyl (C=O) groups is 1. The Morgan fingerprint density at radius 3 is 2.56 bits per heavy atom. The minimum atomic E-state index is 0.136. The molecule has 0 bridgehead atoms. The number of carbonyl (C=O) groups excluding carboxylic acids is 1. The van der Waals surface area contributed by atoms with Crippen LogP contribution in [0.5, 0.6) is 0 Å². The first-order chi connectivity index (χ1) is 7.58. The zero-order valence-electron chi connectivity index (χ0n) is 10.6. The van der Waals surface area contributed by atoms with Crippen LogP contribution in [0.2, 0.25) is 0 Å². The Morgan fingerprint density at radius 1 is 1.50 bits per heavy atom. The van der Waals surface area contributed by atoms with Gasteiger partial charge < -0.3 is 5.32 Å². The van der Waals surface area contributed by atoms with Crippen molar-refractivity contribution in [2.24, 2.45) is 13.0 Å². The first-order valence-electron chi connectivity index (χ1n) is 5.85. The number of aromatic nitrogens is 2. The molecule has 0 saturated carbocycles. The van der Waals surface area contributed by atoms with Gasteiger partial charge in [0.05, 0.1) is 5.69 Å². The van der Waals surface area contributed by atoms with E-state index >= 15 is 0 Å². The summed E-state index contributed by atoms with van der Waals surface area (Å²) in [5.74, 6) is 0.283. The fraction of sp³-hybridized carbons (Fsp3) is 0.667. The number of nitrogens with zero attached hydrogens (tertiary/aromatic N) is 2. The van der Waals surface area contributed by atoms with Crippen LogP contribution in [0.1, 0.15) is 37.9 Å². The van der Waals surface area contributed by atoms with E-state index in [0.717, 1.165) is 24.1 Å². The molecule has 0 aromatic carbocycles. The molecule has 0 atom stereocenters. The lowest BCUT2D eigenvalue weighted by atomic mass is 10.0. The van der Waals surface area contributed by atoms with Crippen LogP contribution >= 0.6 is 0 Å². The Morgan fingerprint density at radius 2 is 2.12 bits per heavy atom. The van der Waals surface area contributed by atoms with E-state index in [0.29, 0.717) is 6.54 Å². The number of hydrogen-bond donors (Lipinski definition) is 1. The lowest BCUT2D eigenvalue weighted by Gasteiger charge is -2.12. The molecule has 0 saturated heterocycles. The van der Waals surface area contributed by atoms with Crippen molar-refractivity contribution in [2.45, 2.75) is 40.2 Å². The molecule has 1 heterocycles. The fourth-order valence-corrected chi connectivity index (χ4v) is 1.81. The van der Waals surface area contributed by atoms with Crippen molar-refractivity contribution < 1.29 is 4.79 Å². The average molecular weight is 223 g/mol. The van der Waals surface area contributed by atoms with Crippen LogP contribution < -0.4 is 5.32 Å². The average Bonchev–Trinajstić information content (AvgIpc) is 2.56. The molecule has 0 radical (unpaired) electrons. The number of rotatable bonds is 5. The van der Waals surface area contributed by atoms with E-state index in [1.807, 2.05) is 34.0 Å². The van der Waals surface area contributed by atoms with E-state index in [2.05, 4.69) is 10.4 Å². The zero-order chi connectivity index (χ0) is 12.1. The minimum absolute atomic E-state index is 0.136. The summed E-state index contributed by atoms with van der Waals surface area (Å²) in [4.78, 5) is 11.8. The molecule has 1 N–H and O–H groups in total. The van der Waals surface area contributed by atoms with Gasteiger partial charge in [-0.05, 0) is 19.8 Å². The van der Waals surface area contributed by atoms with Gasteiger partial charge in [-0.25, -0.2) is 0 Å². The van der Waals surface area contributed by atoms with E-state index in [1.54, 1.807) is 4.68 Å². The van der Waals surface area contributed by atoms with Gasteiger partial charge in [0.2, 0.25) is 5.91 Å². The first kappa shape index (κ1) is 12.7. The Labute approximate surface area is 97.0 Å². The van der Waals surface area contributed by atoms with Crippen LogP contribution in [-0.4, -0.2) is 15.7 Å². The summed E-state index contributed by atoms with van der Waals surface area (Å²) in [6, 6.07) is 0. The van der Waals surface area contributed by atoms with Crippen molar-refractivity contribution in [3.05, 3.63) is 17.5 Å². The summed E-state index contributed by atoms with van der Waals surface area (Å²) in [6.07, 6.45) is 3.74. The molecule has 0 aliphatic heterocycles. The molecule has 4 nitrogen and oxygen atoms in total. The van der Waals surface area contributed by atoms with Crippen molar-refractivity contribution in [2.75, 3.05) is 0 Å². The van der Waals surface area contributed by atoms with Gasteiger partial charge in [-0.1, -0.05) is 13.8 Å². The van der Waals surface area contributed by atoms with Gasteiger partial charge in [0, 0.05) is 31.3 Å². The number of aryl methyl sites for hydroxylation is 2. The lowest BCUT2D eigenvalue weighted by Crippen LogP contribution is -2.29. The highest BCUT2D eigenvalue weighted by atomic mass is 16.1. The molecule has 90 valence electrons. The van der Waals surface area contributed by atoms with Gasteiger partial charge in [-0.3, -0.25) is 9.48 Å². The second-order valence-electron chi connectivity index (χ2n) is 4.14. The quantitative estimate of drug-likeness (QED) is 0.827. The smallest absolute Gasteiger partial charge is 0.223 e. The van der Waals surface area contributed by atoms with Gasteiger partial charge in [0.1, 0.15) is 0 Å². The fourth-order valence-electron chi connectivity index (χ4n) is 1.81. The van der Waals surface area contributed by atoms with Crippen molar-refractivity contribution in [1.82, 2.24) is 15.1 Å². The normalized spacial score (nSPS) is 10.8. The molecule has 0 aliphatic rings. The van der Waals surface area contributed by atoms with E-state index in [1.165, 1.54) is 0 Å². The summed E-state index contributed by atoms with van der Waals surface area (Å²) in [6.45, 7) is 6.62. The van der Waals surface area contributed by atoms with E-state index in [-0.39, 0.29) is 11.8 Å². The van der Waals surface area contributed by atoms with Crippen molar-refractivity contribution in [3.63, 3.8) is 0 Å². The van der Waals surface area contributed by atoms with Crippen molar-refractivity contribution in [3.8, 4) is 0 Å². The summed E-state index contributed by atoms with van der Waals surface area (Å²) >= 11 is 0. The predicted octanol–water partition coefficient (Wildman–Crippen LogP) is 1.78. The summed E-state index contributed by atoms with van der Waals surface area (Å²) < 4.78 is 1.77. The maximum Gasteiger partial charge on any atom is 0.223 e. The van der Waals surface area contributed by atoms with Gasteiger partial charge in [0.25, 0.3) is 0 Å². The summed E-state index contributed by atoms with van der Waals surface area (Å²) in [7, 11) is 1.89. The Hall–Kier alpha value is -1.32. The molecule has 1 rings (SSSR count). The summed E-state index contributed by atoms with van der Waals surface area (Å²) in [5.41, 5.74) is 2.06. The van der Waals surface area contributed by atoms with Crippen molar-refractivity contribution >= 4 is 5.91 Å². The molecular weight excluding hydrogens is 202 g/mol. The van der Waals surface area contributed by atoms with Gasteiger partial charge >= 0.3 is 0 Å². The van der Waals surface area contributed by atoms with Crippen LogP contribution in [0.3, 0.4) is 0 Å². The van der Waals surface area contributed by atoms with Gasteiger partial charge in [-0.2, -0.15) is 5.10 Å². The Bertz CT molecular complexity index is 353. The molecule has 4 heteroatoms. The molecular formula is C12H21N3O. The number of hydrogen-bond acceptors (Lipinski definition) is 2. The molecule has 16 heavy (non-hydrogen) atoms. The maximum absolute atomic E-state index is 11.8. The Kier molecular flexibility index (Phi) is 4.52. The highest BCUT2D eigenvalue weighted by molar-refractivity contribution is 5.78. The van der Waals surface area contributed by atoms with Crippen LogP contribution in [-0.2, 0) is 18.4 Å². The maximum atomic E-state index is 11.8. The lowest BCUT2D eigenvalue weighted by molar-refractivity contribution is -0.125. The molecule has 0 fully saturated rings.